The van der Waals surface area contributed by atoms with Gasteiger partial charge in [-0.3, -0.25) is 4.79 Å². The van der Waals surface area contributed by atoms with Crippen molar-refractivity contribution in [2.75, 3.05) is 13.7 Å². The SMILES string of the molecule is COc1ccc(C(=O)NN=CC(C)COCc2ccccc2)cc1. The Hall–Kier alpha value is -2.66. The van der Waals surface area contributed by atoms with Crippen LogP contribution in [0.5, 0.6) is 5.75 Å². The summed E-state index contributed by atoms with van der Waals surface area (Å²) in [7, 11) is 1.58. The van der Waals surface area contributed by atoms with Crippen LogP contribution in [0.15, 0.2) is 59.7 Å². The number of methoxy groups -OCH3 is 1. The first-order valence-corrected chi connectivity index (χ1v) is 7.78. The van der Waals surface area contributed by atoms with Crippen LogP contribution in [-0.2, 0) is 11.3 Å². The lowest BCUT2D eigenvalue weighted by molar-refractivity contribution is 0.0953. The van der Waals surface area contributed by atoms with Crippen LogP contribution in [0.4, 0.5) is 0 Å². The van der Waals surface area contributed by atoms with Gasteiger partial charge in [0.25, 0.3) is 5.91 Å². The van der Waals surface area contributed by atoms with E-state index in [4.69, 9.17) is 9.47 Å². The van der Waals surface area contributed by atoms with Gasteiger partial charge in [-0.25, -0.2) is 5.43 Å². The molecule has 2 aromatic carbocycles. The fraction of sp³-hybridized carbons (Fsp3) is 0.263. The maximum atomic E-state index is 11.9. The molecule has 0 fully saturated rings. The van der Waals surface area contributed by atoms with Crippen molar-refractivity contribution in [3.05, 3.63) is 65.7 Å². The average molecular weight is 326 g/mol. The molecule has 5 nitrogen and oxygen atoms in total. The van der Waals surface area contributed by atoms with Crippen LogP contribution in [0.25, 0.3) is 0 Å². The van der Waals surface area contributed by atoms with Crippen LogP contribution in [0.2, 0.25) is 0 Å². The highest BCUT2D eigenvalue weighted by molar-refractivity contribution is 5.94. The number of benzene rings is 2. The molecule has 0 radical (unpaired) electrons. The molecule has 1 N–H and O–H groups in total. The molecule has 1 unspecified atom stereocenters. The van der Waals surface area contributed by atoms with Crippen molar-refractivity contribution in [1.29, 1.82) is 0 Å². The number of hydrogen-bond donors (Lipinski definition) is 1. The number of hydrazone groups is 1. The molecule has 0 saturated heterocycles. The largest absolute Gasteiger partial charge is 0.497 e. The first kappa shape index (κ1) is 17.7. The minimum Gasteiger partial charge on any atom is -0.497 e. The van der Waals surface area contributed by atoms with Gasteiger partial charge in [-0.05, 0) is 29.8 Å². The molecular formula is C19H22N2O3. The number of rotatable bonds is 8. The molecule has 0 aliphatic carbocycles. The number of carbonyl (C=O) groups excluding carboxylic acids is 1. The van der Waals surface area contributed by atoms with Crippen LogP contribution in [-0.4, -0.2) is 25.8 Å². The normalized spacial score (nSPS) is 12.1. The van der Waals surface area contributed by atoms with Crippen molar-refractivity contribution >= 4 is 12.1 Å². The Morgan fingerprint density at radius 1 is 1.17 bits per heavy atom. The monoisotopic (exact) mass is 326 g/mol. The molecule has 24 heavy (non-hydrogen) atoms. The second kappa shape index (κ2) is 9.47. The molecule has 0 saturated carbocycles. The maximum Gasteiger partial charge on any atom is 0.271 e. The Balaban J connectivity index is 1.71. The quantitative estimate of drug-likeness (QED) is 0.598. The summed E-state index contributed by atoms with van der Waals surface area (Å²) in [6.07, 6.45) is 1.67. The van der Waals surface area contributed by atoms with E-state index in [-0.39, 0.29) is 11.8 Å². The maximum absolute atomic E-state index is 11.9. The first-order chi connectivity index (χ1) is 11.7. The van der Waals surface area contributed by atoms with E-state index in [2.05, 4.69) is 10.5 Å². The summed E-state index contributed by atoms with van der Waals surface area (Å²) in [6.45, 7) is 3.09. The molecule has 126 valence electrons. The minimum atomic E-state index is -0.258. The topological polar surface area (TPSA) is 59.9 Å². The third-order valence-electron chi connectivity index (χ3n) is 3.34. The highest BCUT2D eigenvalue weighted by Crippen LogP contribution is 2.11. The molecule has 0 bridgehead atoms. The molecule has 0 heterocycles. The number of nitrogens with zero attached hydrogens (tertiary/aromatic N) is 1. The van der Waals surface area contributed by atoms with Gasteiger partial charge in [-0.1, -0.05) is 37.3 Å². The summed E-state index contributed by atoms with van der Waals surface area (Å²) in [5, 5.41) is 3.98. The van der Waals surface area contributed by atoms with Gasteiger partial charge in [-0.15, -0.1) is 0 Å². The van der Waals surface area contributed by atoms with Gasteiger partial charge in [0.05, 0.1) is 20.3 Å². The van der Waals surface area contributed by atoms with Crippen LogP contribution in [0.1, 0.15) is 22.8 Å². The van der Waals surface area contributed by atoms with Crippen LogP contribution in [0, 0.1) is 5.92 Å². The molecule has 0 aromatic heterocycles. The predicted molar refractivity (Wildman–Crippen MR) is 94.2 cm³/mol. The van der Waals surface area contributed by atoms with E-state index < -0.39 is 0 Å². The molecule has 2 aromatic rings. The van der Waals surface area contributed by atoms with Gasteiger partial charge in [-0.2, -0.15) is 5.10 Å². The van der Waals surface area contributed by atoms with Crippen molar-refractivity contribution in [3.8, 4) is 5.75 Å². The zero-order valence-corrected chi connectivity index (χ0v) is 13.9. The Bertz CT molecular complexity index is 654. The highest BCUT2D eigenvalue weighted by atomic mass is 16.5. The average Bonchev–Trinajstić information content (AvgIpc) is 2.62. The van der Waals surface area contributed by atoms with E-state index >= 15 is 0 Å². The van der Waals surface area contributed by atoms with Gasteiger partial charge in [0, 0.05) is 17.7 Å². The van der Waals surface area contributed by atoms with Crippen LogP contribution >= 0.6 is 0 Å². The summed E-state index contributed by atoms with van der Waals surface area (Å²) in [5.74, 6) is 0.551. The van der Waals surface area contributed by atoms with E-state index in [1.165, 1.54) is 0 Å². The molecule has 2 rings (SSSR count). The molecule has 5 heteroatoms. The summed E-state index contributed by atoms with van der Waals surface area (Å²) in [6, 6.07) is 16.8. The van der Waals surface area contributed by atoms with Crippen molar-refractivity contribution < 1.29 is 14.3 Å². The van der Waals surface area contributed by atoms with Gasteiger partial charge >= 0.3 is 0 Å². The zero-order chi connectivity index (χ0) is 17.2. The standard InChI is InChI=1S/C19H22N2O3/c1-15(13-24-14-16-6-4-3-5-7-16)12-20-21-19(22)17-8-10-18(23-2)11-9-17/h3-12,15H,13-14H2,1-2H3,(H,21,22). The summed E-state index contributed by atoms with van der Waals surface area (Å²) in [5.41, 5.74) is 4.17. The van der Waals surface area contributed by atoms with Crippen molar-refractivity contribution in [1.82, 2.24) is 5.43 Å². The molecule has 0 spiro atoms. The lowest BCUT2D eigenvalue weighted by Gasteiger charge is -2.07. The third-order valence-corrected chi connectivity index (χ3v) is 3.34. The zero-order valence-electron chi connectivity index (χ0n) is 13.9. The highest BCUT2D eigenvalue weighted by Gasteiger charge is 2.04. The summed E-state index contributed by atoms with van der Waals surface area (Å²) in [4.78, 5) is 11.9. The molecule has 1 amide bonds. The summed E-state index contributed by atoms with van der Waals surface area (Å²) < 4.78 is 10.7. The van der Waals surface area contributed by atoms with E-state index in [0.29, 0.717) is 24.5 Å². The number of carbonyl (C=O) groups is 1. The lowest BCUT2D eigenvalue weighted by atomic mass is 10.2. The van der Waals surface area contributed by atoms with Gasteiger partial charge in [0.2, 0.25) is 0 Å². The predicted octanol–water partition coefficient (Wildman–Crippen LogP) is 3.26. The van der Waals surface area contributed by atoms with E-state index in [1.807, 2.05) is 37.3 Å². The number of nitrogens with one attached hydrogen (secondary N) is 1. The Labute approximate surface area is 142 Å². The second-order valence-electron chi connectivity index (χ2n) is 5.43. The second-order valence-corrected chi connectivity index (χ2v) is 5.43. The minimum absolute atomic E-state index is 0.102. The van der Waals surface area contributed by atoms with Crippen LogP contribution < -0.4 is 10.2 Å². The van der Waals surface area contributed by atoms with Gasteiger partial charge in [0.15, 0.2) is 0 Å². The lowest BCUT2D eigenvalue weighted by Crippen LogP contribution is -2.19. The number of hydrogen-bond acceptors (Lipinski definition) is 4. The Kier molecular flexibility index (Phi) is 6.98. The first-order valence-electron chi connectivity index (χ1n) is 7.78. The van der Waals surface area contributed by atoms with Crippen molar-refractivity contribution in [3.63, 3.8) is 0 Å². The molecule has 0 aliphatic heterocycles. The molecule has 1 atom stereocenters. The van der Waals surface area contributed by atoms with E-state index in [1.54, 1.807) is 37.6 Å². The fourth-order valence-corrected chi connectivity index (χ4v) is 2.01. The fourth-order valence-electron chi connectivity index (χ4n) is 2.01. The third kappa shape index (κ3) is 5.85. The van der Waals surface area contributed by atoms with Crippen LogP contribution in [0.3, 0.4) is 0 Å². The van der Waals surface area contributed by atoms with E-state index in [0.717, 1.165) is 5.56 Å². The van der Waals surface area contributed by atoms with Crippen molar-refractivity contribution in [2.24, 2.45) is 11.0 Å². The Morgan fingerprint density at radius 2 is 1.88 bits per heavy atom. The smallest absolute Gasteiger partial charge is 0.271 e. The van der Waals surface area contributed by atoms with Gasteiger partial charge < -0.3 is 9.47 Å². The summed E-state index contributed by atoms with van der Waals surface area (Å²) >= 11 is 0. The van der Waals surface area contributed by atoms with E-state index in [9.17, 15) is 4.79 Å². The molecular weight excluding hydrogens is 304 g/mol. The number of amides is 1. The van der Waals surface area contributed by atoms with Gasteiger partial charge in [0.1, 0.15) is 5.75 Å². The molecule has 0 aliphatic rings. The number of ether oxygens (including phenoxy) is 2. The van der Waals surface area contributed by atoms with Crippen molar-refractivity contribution in [2.45, 2.75) is 13.5 Å². The Morgan fingerprint density at radius 3 is 2.54 bits per heavy atom.